The van der Waals surface area contributed by atoms with Gasteiger partial charge in [0.1, 0.15) is 41.7 Å². The molecule has 0 aliphatic rings. The molecule has 0 unspecified atom stereocenters. The van der Waals surface area contributed by atoms with Gasteiger partial charge in [0.05, 0.1) is 26.4 Å². The standard InChI is InChI=1S/C20H16ClN9O10S3.2Li.2Na/c21-17-26-18(22)28-20(27-17)24-9-1-2-12(13(5-9)25-19(23)31)29-30-14-7-11-8(4-16(14)43(38,39)40)3-10(41(32,33)34)6-15(11)42(35,36)37;;;;/h1-7H,(H3,23,25,31)(H,32,33,34)(H,35,36,37)(H,38,39,40)(H3,22,24,26,27,28);;;;/q;4*+1/p-4. The van der Waals surface area contributed by atoms with Crippen LogP contribution in [0.3, 0.4) is 0 Å². The Morgan fingerprint density at radius 3 is 1.89 bits per heavy atom. The van der Waals surface area contributed by atoms with Crippen molar-refractivity contribution in [1.82, 2.24) is 15.0 Å². The second kappa shape index (κ2) is 17.5. The van der Waals surface area contributed by atoms with Crippen molar-refractivity contribution in [3.05, 3.63) is 47.7 Å². The van der Waals surface area contributed by atoms with Crippen LogP contribution in [0.1, 0.15) is 0 Å². The smallest absolute Gasteiger partial charge is 0.846 e. The SMILES string of the molecule is NC([O-])=Nc1cc(Nc2nc(N)nc(Cl)n2)ccc1N=Nc1cc2c(S(=O)(=O)[O-])cc(S(=O)(=O)[O-])cc2cc1S(=O)(=O)[O-].[Li+].[Li+].[Na+].[Na+]. The Kier molecular flexibility index (Phi) is 17.0. The molecule has 1 aromatic heterocycles. The number of nitrogen functional groups attached to an aromatic ring is 1. The summed E-state index contributed by atoms with van der Waals surface area (Å²) in [5, 5.41) is 20.3. The van der Waals surface area contributed by atoms with Crippen LogP contribution in [0.2, 0.25) is 5.28 Å². The first-order valence-corrected chi connectivity index (χ1v) is 15.4. The fraction of sp³-hybridized carbons (Fsp3) is 0. The van der Waals surface area contributed by atoms with E-state index in [1.807, 2.05) is 0 Å². The van der Waals surface area contributed by atoms with Gasteiger partial charge in [-0.2, -0.15) is 15.0 Å². The Labute approximate surface area is 339 Å². The molecule has 0 saturated carbocycles. The molecule has 0 radical (unpaired) electrons. The Morgan fingerprint density at radius 1 is 0.766 bits per heavy atom. The maximum Gasteiger partial charge on any atom is 1.00 e. The molecule has 0 bridgehead atoms. The van der Waals surface area contributed by atoms with Gasteiger partial charge < -0.3 is 35.5 Å². The first-order valence-electron chi connectivity index (χ1n) is 10.8. The van der Waals surface area contributed by atoms with Gasteiger partial charge in [-0.1, -0.05) is 0 Å². The fourth-order valence-corrected chi connectivity index (χ4v) is 5.62. The molecule has 0 amide bonds. The summed E-state index contributed by atoms with van der Waals surface area (Å²) in [6.07, 6.45) is 0. The maximum absolute atomic E-state index is 12.0. The number of hydrogen-bond acceptors (Lipinski definition) is 18. The minimum atomic E-state index is -5.46. The van der Waals surface area contributed by atoms with Gasteiger partial charge in [-0.25, -0.2) is 30.2 Å². The quantitative estimate of drug-likeness (QED) is 0.0498. The van der Waals surface area contributed by atoms with E-state index in [9.17, 15) is 44.0 Å². The van der Waals surface area contributed by atoms with E-state index in [4.69, 9.17) is 23.1 Å². The normalized spacial score (nSPS) is 12.0. The molecule has 226 valence electrons. The van der Waals surface area contributed by atoms with Crippen LogP contribution in [0.15, 0.2) is 72.4 Å². The molecule has 3 aromatic carbocycles. The molecule has 0 aliphatic carbocycles. The second-order valence-corrected chi connectivity index (χ2v) is 12.5. The molecule has 0 aliphatic heterocycles. The van der Waals surface area contributed by atoms with Crippen molar-refractivity contribution in [2.45, 2.75) is 14.7 Å². The zero-order chi connectivity index (χ0) is 31.9. The Morgan fingerprint density at radius 2 is 1.36 bits per heavy atom. The third-order valence-electron chi connectivity index (χ3n) is 5.15. The van der Waals surface area contributed by atoms with Crippen molar-refractivity contribution in [3.8, 4) is 0 Å². The number of azo groups is 1. The summed E-state index contributed by atoms with van der Waals surface area (Å²) in [5.41, 5.74) is 9.55. The van der Waals surface area contributed by atoms with E-state index in [-0.39, 0.29) is 137 Å². The molecule has 0 spiro atoms. The van der Waals surface area contributed by atoms with Gasteiger partial charge in [-0.05, 0) is 59.5 Å². The van der Waals surface area contributed by atoms with Crippen LogP contribution < -0.4 is 119 Å². The largest absolute Gasteiger partial charge is 1.00 e. The summed E-state index contributed by atoms with van der Waals surface area (Å²) < 4.78 is 106. The minimum absolute atomic E-state index is 0. The molecule has 1 heterocycles. The topological polar surface area (TPSA) is 334 Å². The number of nitrogens with zero attached hydrogens (tertiary/aromatic N) is 6. The average molecular weight is 730 g/mol. The first-order chi connectivity index (χ1) is 19.8. The van der Waals surface area contributed by atoms with Gasteiger partial charge in [0.15, 0.2) is 0 Å². The van der Waals surface area contributed by atoms with Crippen LogP contribution >= 0.6 is 11.6 Å². The summed E-state index contributed by atoms with van der Waals surface area (Å²) >= 11 is 5.74. The molecular weight excluding hydrogens is 718 g/mol. The van der Waals surface area contributed by atoms with E-state index in [2.05, 4.69) is 35.5 Å². The van der Waals surface area contributed by atoms with E-state index >= 15 is 0 Å². The molecule has 0 fully saturated rings. The van der Waals surface area contributed by atoms with Crippen LogP contribution in [0, 0.1) is 0 Å². The van der Waals surface area contributed by atoms with Gasteiger partial charge in [0.25, 0.3) is 0 Å². The zero-order valence-corrected chi connectivity index (χ0v) is 31.8. The predicted molar refractivity (Wildman–Crippen MR) is 142 cm³/mol. The van der Waals surface area contributed by atoms with Crippen LogP contribution in [0.25, 0.3) is 10.8 Å². The third-order valence-corrected chi connectivity index (χ3v) is 7.87. The van der Waals surface area contributed by atoms with E-state index in [1.165, 1.54) is 18.2 Å². The summed E-state index contributed by atoms with van der Waals surface area (Å²) in [5.74, 6) is -0.316. The number of halogens is 1. The van der Waals surface area contributed by atoms with Crippen LogP contribution in [-0.2, 0) is 30.4 Å². The number of nitrogens with two attached hydrogens (primary N) is 2. The van der Waals surface area contributed by atoms with Crippen LogP contribution in [-0.4, -0.2) is 59.9 Å². The molecule has 27 heteroatoms. The number of hydrogen-bond donors (Lipinski definition) is 3. The molecule has 4 rings (SSSR count). The van der Waals surface area contributed by atoms with Crippen molar-refractivity contribution >= 4 is 93.4 Å². The van der Waals surface area contributed by atoms with Gasteiger partial charge in [-0.3, -0.25) is 0 Å². The molecular formula is C20H12ClLi2N9Na2O10S3. The Balaban J connectivity index is 0.00000529. The minimum Gasteiger partial charge on any atom is -0.846 e. The Hall–Kier alpha value is -1.39. The van der Waals surface area contributed by atoms with Crippen molar-refractivity contribution in [3.63, 3.8) is 0 Å². The summed E-state index contributed by atoms with van der Waals surface area (Å²) in [6, 6.07) is 4.57. The van der Waals surface area contributed by atoms with Crippen molar-refractivity contribution in [2.75, 3.05) is 11.1 Å². The van der Waals surface area contributed by atoms with Crippen molar-refractivity contribution < 1.29 is 141 Å². The number of fused-ring (bicyclic) bond motifs is 1. The summed E-state index contributed by atoms with van der Waals surface area (Å²) in [7, 11) is -16.2. The number of amidine groups is 1. The van der Waals surface area contributed by atoms with Crippen LogP contribution in [0.5, 0.6) is 0 Å². The second-order valence-electron chi connectivity index (χ2n) is 8.09. The zero-order valence-electron chi connectivity index (χ0n) is 24.6. The molecule has 19 nitrogen and oxygen atoms in total. The monoisotopic (exact) mass is 729 g/mol. The molecule has 4 aromatic rings. The molecule has 0 atom stereocenters. The van der Waals surface area contributed by atoms with E-state index in [0.717, 1.165) is 0 Å². The third kappa shape index (κ3) is 11.9. The number of nitrogens with one attached hydrogen (secondary N) is 1. The molecule has 0 saturated heterocycles. The average Bonchev–Trinajstić information content (AvgIpc) is 2.84. The van der Waals surface area contributed by atoms with Gasteiger partial charge in [0, 0.05) is 11.1 Å². The number of rotatable bonds is 8. The van der Waals surface area contributed by atoms with Gasteiger partial charge >= 0.3 is 96.8 Å². The summed E-state index contributed by atoms with van der Waals surface area (Å²) in [4.78, 5) is 11.3. The predicted octanol–water partition coefficient (Wildman–Crippen LogP) is -11.5. The van der Waals surface area contributed by atoms with E-state index in [1.54, 1.807) is 0 Å². The van der Waals surface area contributed by atoms with E-state index < -0.39 is 67.5 Å². The number of aromatic nitrogens is 3. The maximum atomic E-state index is 12.0. The Bertz CT molecular complexity index is 2190. The number of aliphatic imine (C=N–C) groups is 1. The van der Waals surface area contributed by atoms with Crippen molar-refractivity contribution in [2.24, 2.45) is 21.0 Å². The van der Waals surface area contributed by atoms with Crippen molar-refractivity contribution in [1.29, 1.82) is 0 Å². The first kappa shape index (κ1) is 45.6. The number of benzene rings is 3. The molecule has 47 heavy (non-hydrogen) atoms. The van der Waals surface area contributed by atoms with Crippen LogP contribution in [0.4, 0.5) is 34.6 Å². The molecule has 5 N–H and O–H groups in total. The number of anilines is 3. The van der Waals surface area contributed by atoms with E-state index in [0.29, 0.717) is 18.2 Å². The van der Waals surface area contributed by atoms with Gasteiger partial charge in [0.2, 0.25) is 17.2 Å². The fourth-order valence-electron chi connectivity index (χ4n) is 3.50. The van der Waals surface area contributed by atoms with Gasteiger partial charge in [-0.15, -0.1) is 10.2 Å². The summed E-state index contributed by atoms with van der Waals surface area (Å²) in [6.45, 7) is 0.